The highest BCUT2D eigenvalue weighted by molar-refractivity contribution is 7.13. The van der Waals surface area contributed by atoms with Crippen LogP contribution in [0.25, 0.3) is 21.7 Å². The maximum atomic E-state index is 15.3. The number of phenolic OH excluding ortho intramolecular Hbond substituents is 1. The fourth-order valence-electron chi connectivity index (χ4n) is 13.5. The fraction of sp³-hybridized carbons (Fsp3) is 0.525. The molecule has 2 amide bonds. The van der Waals surface area contributed by atoms with Crippen molar-refractivity contribution in [1.82, 2.24) is 40.4 Å². The van der Waals surface area contributed by atoms with Crippen molar-refractivity contribution in [3.05, 3.63) is 101 Å². The van der Waals surface area contributed by atoms with E-state index in [1.807, 2.05) is 51.2 Å². The first-order chi connectivity index (χ1) is 39.7. The van der Waals surface area contributed by atoms with Crippen molar-refractivity contribution >= 4 is 46.2 Å². The number of aryl methyl sites for hydroxylation is 1. The maximum absolute atomic E-state index is 15.3. The van der Waals surface area contributed by atoms with E-state index in [-0.39, 0.29) is 48.9 Å². The Morgan fingerprint density at radius 1 is 0.854 bits per heavy atom. The van der Waals surface area contributed by atoms with E-state index in [1.54, 1.807) is 36.7 Å². The number of nitrogens with one attached hydrogen (secondary N) is 1. The van der Waals surface area contributed by atoms with Crippen molar-refractivity contribution in [2.24, 2.45) is 11.8 Å². The normalized spacial score (nSPS) is 24.2. The number of aliphatic hydroxyl groups excluding tert-OH is 1. The molecule has 82 heavy (non-hydrogen) atoms. The number of nitrogen functional groups attached to an aromatic ring is 1. The largest absolute Gasteiger partial charge is 0.507 e. The van der Waals surface area contributed by atoms with Crippen LogP contribution in [0.5, 0.6) is 11.6 Å². The number of fused-ring (bicyclic) bond motifs is 2. The average molecular weight is 1140 g/mol. The molecule has 2 unspecified atom stereocenters. The standard InChI is InChI=1S/C61H75FN12O7S/c1-35(2)57(61(78)73-33-43(75)25-52(73)60(77)66-36(3)39-9-12-47(49(62)23-39)58-37(4)65-34-82-58)54-29-55(69-81-54)71-21-14-38(15-22-71)30-70-19-16-44(17-20-70)79-45-26-46(27-45)80-56-24-40(13-18-64-56)74-41-10-11-42(74)32-72(31-41)51-28-50(67-68-59(51)63)48-7-5-6-8-53(48)76/h5-9,12-13,18,23-24,28-29,34-36,38,41-46,52,57,75-76H,10-11,14-17,19-22,25-27,30-33H2,1-4H3,(H2,63,68)(H,66,77)/t36-,41?,42?,43+,45-,46-,52-,57-/m0/s1. The third-order valence-electron chi connectivity index (χ3n) is 18.0. The van der Waals surface area contributed by atoms with Crippen molar-refractivity contribution in [2.75, 3.05) is 72.8 Å². The van der Waals surface area contributed by atoms with E-state index in [0.29, 0.717) is 63.7 Å². The summed E-state index contributed by atoms with van der Waals surface area (Å²) in [7, 11) is 0. The van der Waals surface area contributed by atoms with Gasteiger partial charge in [-0.2, -0.15) is 0 Å². The van der Waals surface area contributed by atoms with Crippen LogP contribution in [0.1, 0.15) is 108 Å². The van der Waals surface area contributed by atoms with Crippen LogP contribution in [-0.2, 0) is 14.3 Å². The molecule has 2 aromatic carbocycles. The van der Waals surface area contributed by atoms with Crippen molar-refractivity contribution in [3.63, 3.8) is 0 Å². The van der Waals surface area contributed by atoms with Crippen LogP contribution in [-0.4, -0.2) is 152 Å². The number of benzene rings is 2. The first kappa shape index (κ1) is 55.6. The number of halogens is 1. The van der Waals surface area contributed by atoms with Gasteiger partial charge in [0.15, 0.2) is 17.4 Å². The highest BCUT2D eigenvalue weighted by Gasteiger charge is 2.45. The SMILES string of the molecule is Cc1ncsc1-c1ccc([C@H](C)NC(=O)[C@@H]2C[C@@H](O)CN2C(=O)[C@H](c2cc(N3CCC(CN4CCC(O[C@H]5C[C@H](Oc6cc(N7C8CCC7CN(c7cc(-c9ccccc9O)nnc7N)C8)ccn6)C5)CC4)CC3)no2)C(C)C)cc1F. The van der Waals surface area contributed by atoms with E-state index >= 15 is 4.39 Å². The number of hydrogen-bond acceptors (Lipinski definition) is 18. The van der Waals surface area contributed by atoms with Crippen LogP contribution < -0.4 is 30.5 Å². The second kappa shape index (κ2) is 23.7. The van der Waals surface area contributed by atoms with E-state index in [9.17, 15) is 19.8 Å². The number of thiazole rings is 1. The summed E-state index contributed by atoms with van der Waals surface area (Å²) in [6.45, 7) is 13.9. The van der Waals surface area contributed by atoms with E-state index in [4.69, 9.17) is 19.7 Å². The number of likely N-dealkylation sites (tertiary alicyclic amines) is 2. The Labute approximate surface area is 482 Å². The molecule has 0 spiro atoms. The van der Waals surface area contributed by atoms with Crippen molar-refractivity contribution < 1.29 is 38.2 Å². The highest BCUT2D eigenvalue weighted by Crippen LogP contribution is 2.41. The van der Waals surface area contributed by atoms with Crippen LogP contribution in [0, 0.1) is 24.6 Å². The lowest BCUT2D eigenvalue weighted by Crippen LogP contribution is -2.54. The number of carbonyl (C=O) groups is 2. The number of anilines is 4. The van der Waals surface area contributed by atoms with E-state index in [2.05, 4.69) is 62.4 Å². The number of hydrogen-bond donors (Lipinski definition) is 4. The second-order valence-electron chi connectivity index (χ2n) is 23.9. The number of piperidine rings is 2. The number of amides is 2. The molecule has 19 nitrogen and oxygen atoms in total. The highest BCUT2D eigenvalue weighted by atomic mass is 32.1. The molecule has 4 aromatic heterocycles. The Balaban J connectivity index is 0.566. The van der Waals surface area contributed by atoms with Crippen LogP contribution in [0.4, 0.5) is 27.4 Å². The molecule has 6 aliphatic rings. The second-order valence-corrected chi connectivity index (χ2v) is 24.8. The predicted octanol–water partition coefficient (Wildman–Crippen LogP) is 8.13. The predicted molar refractivity (Wildman–Crippen MR) is 311 cm³/mol. The molecule has 12 rings (SSSR count). The molecular formula is C61H75FN12O7S. The molecular weight excluding hydrogens is 1060 g/mol. The topological polar surface area (TPSA) is 225 Å². The zero-order valence-electron chi connectivity index (χ0n) is 47.1. The number of rotatable bonds is 17. The van der Waals surface area contributed by atoms with Crippen molar-refractivity contribution in [2.45, 2.75) is 140 Å². The summed E-state index contributed by atoms with van der Waals surface area (Å²) in [5, 5.41) is 37.3. The first-order valence-corrected chi connectivity index (χ1v) is 30.2. The summed E-state index contributed by atoms with van der Waals surface area (Å²) >= 11 is 1.37. The molecule has 6 atom stereocenters. The molecule has 9 heterocycles. The molecule has 6 fully saturated rings. The van der Waals surface area contributed by atoms with E-state index in [0.717, 1.165) is 119 Å². The number of ether oxygens (including phenoxy) is 2. The lowest BCUT2D eigenvalue weighted by molar-refractivity contribution is -0.141. The first-order valence-electron chi connectivity index (χ1n) is 29.3. The van der Waals surface area contributed by atoms with E-state index < -0.39 is 35.8 Å². The Morgan fingerprint density at radius 2 is 1.62 bits per heavy atom. The summed E-state index contributed by atoms with van der Waals surface area (Å²) in [6.07, 6.45) is 9.57. The minimum Gasteiger partial charge on any atom is -0.507 e. The van der Waals surface area contributed by atoms with Crippen LogP contribution >= 0.6 is 11.3 Å². The van der Waals surface area contributed by atoms with Gasteiger partial charge in [-0.05, 0) is 100 Å². The zero-order chi connectivity index (χ0) is 56.8. The minimum absolute atomic E-state index is 0.0236. The van der Waals surface area contributed by atoms with Gasteiger partial charge in [0.1, 0.15) is 29.6 Å². The summed E-state index contributed by atoms with van der Waals surface area (Å²) in [6, 6.07) is 19.2. The zero-order valence-corrected chi connectivity index (χ0v) is 48.0. The van der Waals surface area contributed by atoms with Gasteiger partial charge in [-0.1, -0.05) is 43.3 Å². The average Bonchev–Trinajstić information content (AvgIpc) is 4.29. The Bertz CT molecular complexity index is 3220. The Morgan fingerprint density at radius 3 is 2.34 bits per heavy atom. The number of aliphatic hydroxyl groups is 1. The summed E-state index contributed by atoms with van der Waals surface area (Å²) in [5.41, 5.74) is 13.1. The van der Waals surface area contributed by atoms with E-state index in [1.165, 1.54) is 22.3 Å². The summed E-state index contributed by atoms with van der Waals surface area (Å²) in [5.74, 6) is 0.936. The molecule has 5 aliphatic heterocycles. The van der Waals surface area contributed by atoms with Gasteiger partial charge in [0, 0.05) is 119 Å². The summed E-state index contributed by atoms with van der Waals surface area (Å²) < 4.78 is 34.3. The fourth-order valence-corrected chi connectivity index (χ4v) is 14.3. The minimum atomic E-state index is -0.898. The Kier molecular flexibility index (Phi) is 16.1. The van der Waals surface area contributed by atoms with Crippen molar-refractivity contribution in [1.29, 1.82) is 0 Å². The van der Waals surface area contributed by atoms with Gasteiger partial charge in [0.05, 0.1) is 51.8 Å². The molecule has 434 valence electrons. The number of nitrogens with zero attached hydrogens (tertiary/aromatic N) is 10. The summed E-state index contributed by atoms with van der Waals surface area (Å²) in [4.78, 5) is 49.0. The molecule has 2 bridgehead atoms. The number of carbonyl (C=O) groups excluding carboxylic acids is 2. The third kappa shape index (κ3) is 11.7. The molecule has 1 saturated carbocycles. The lowest BCUT2D eigenvalue weighted by atomic mass is 9.91. The molecule has 5 saturated heterocycles. The van der Waals surface area contributed by atoms with Crippen LogP contribution in [0.2, 0.25) is 0 Å². The van der Waals surface area contributed by atoms with Gasteiger partial charge in [-0.3, -0.25) is 9.59 Å². The molecule has 21 heteroatoms. The van der Waals surface area contributed by atoms with Gasteiger partial charge in [-0.15, -0.1) is 21.5 Å². The number of para-hydroxylation sites is 1. The lowest BCUT2D eigenvalue weighted by Gasteiger charge is -2.43. The van der Waals surface area contributed by atoms with Gasteiger partial charge in [0.25, 0.3) is 0 Å². The molecule has 0 radical (unpaired) electrons. The Hall–Kier alpha value is -6.94. The number of aromatic nitrogens is 5. The van der Waals surface area contributed by atoms with Gasteiger partial charge in [0.2, 0.25) is 17.7 Å². The van der Waals surface area contributed by atoms with Gasteiger partial charge >= 0.3 is 0 Å². The number of pyridine rings is 1. The quantitative estimate of drug-likeness (QED) is 0.0676. The number of nitrogens with two attached hydrogens (primary N) is 1. The number of phenols is 1. The molecule has 6 aromatic rings. The smallest absolute Gasteiger partial charge is 0.243 e. The van der Waals surface area contributed by atoms with Crippen LogP contribution in [0.3, 0.4) is 0 Å². The number of β-amino-alcohol motifs (C(OH)–C–C–N with tert-alkyl or cyclic N) is 1. The van der Waals surface area contributed by atoms with Gasteiger partial charge < -0.3 is 59.8 Å². The van der Waals surface area contributed by atoms with Crippen LogP contribution in [0.15, 0.2) is 83.0 Å². The number of aromatic hydroxyl groups is 1. The molecule has 1 aliphatic carbocycles. The third-order valence-corrected chi connectivity index (χ3v) is 19.0. The van der Waals surface area contributed by atoms with Gasteiger partial charge in [-0.25, -0.2) is 14.4 Å². The monoisotopic (exact) mass is 1140 g/mol. The molecule has 5 N–H and O–H groups in total. The number of piperazine rings is 1. The maximum Gasteiger partial charge on any atom is 0.243 e. The van der Waals surface area contributed by atoms with Crippen molar-refractivity contribution in [3.8, 4) is 33.3 Å².